The van der Waals surface area contributed by atoms with E-state index in [1.807, 2.05) is 29.8 Å². The van der Waals surface area contributed by atoms with Crippen LogP contribution in [0.1, 0.15) is 41.0 Å². The summed E-state index contributed by atoms with van der Waals surface area (Å²) in [5, 5.41) is 15.5. The average Bonchev–Trinajstić information content (AvgIpc) is 3.46. The minimum Gasteiger partial charge on any atom is -0.299 e. The molecule has 5 rings (SSSR count). The molecule has 0 bridgehead atoms. The summed E-state index contributed by atoms with van der Waals surface area (Å²) in [6.07, 6.45) is 3.97. The number of hydrogen-bond acceptors (Lipinski definition) is 6. The van der Waals surface area contributed by atoms with Crippen LogP contribution >= 0.6 is 22.9 Å². The highest BCUT2D eigenvalue weighted by molar-refractivity contribution is 7.10. The van der Waals surface area contributed by atoms with Gasteiger partial charge in [-0.15, -0.1) is 11.3 Å². The number of para-hydroxylation sites is 1. The number of carbonyl (C=O) groups excluding carboxylic acids is 1. The maximum atomic E-state index is 12.0. The van der Waals surface area contributed by atoms with E-state index < -0.39 is 4.92 Å². The van der Waals surface area contributed by atoms with Gasteiger partial charge in [0.25, 0.3) is 5.69 Å². The Hall–Kier alpha value is -3.07. The number of halogens is 1. The second-order valence-corrected chi connectivity index (χ2v) is 9.90. The van der Waals surface area contributed by atoms with E-state index in [9.17, 15) is 14.9 Å². The lowest BCUT2D eigenvalue weighted by Gasteiger charge is -2.30. The molecule has 0 saturated carbocycles. The van der Waals surface area contributed by atoms with Gasteiger partial charge < -0.3 is 0 Å². The van der Waals surface area contributed by atoms with Gasteiger partial charge >= 0.3 is 0 Å². The van der Waals surface area contributed by atoms with E-state index in [2.05, 4.69) is 11.0 Å². The number of benzene rings is 2. The smallest absolute Gasteiger partial charge is 0.288 e. The van der Waals surface area contributed by atoms with Crippen molar-refractivity contribution in [3.8, 4) is 11.3 Å². The molecule has 0 unspecified atom stereocenters. The number of nitro benzene ring substituents is 1. The molecule has 0 spiro atoms. The van der Waals surface area contributed by atoms with Gasteiger partial charge in [-0.3, -0.25) is 24.4 Å². The van der Waals surface area contributed by atoms with Gasteiger partial charge in [-0.25, -0.2) is 4.98 Å². The summed E-state index contributed by atoms with van der Waals surface area (Å²) in [7, 11) is 0. The van der Waals surface area contributed by atoms with Crippen molar-refractivity contribution in [1.29, 1.82) is 0 Å². The summed E-state index contributed by atoms with van der Waals surface area (Å²) in [4.78, 5) is 30.0. The Kier molecular flexibility index (Phi) is 6.20. The molecule has 0 N–H and O–H groups in total. The second-order valence-electron chi connectivity index (χ2n) is 8.61. The van der Waals surface area contributed by atoms with Crippen LogP contribution in [0.4, 0.5) is 5.69 Å². The number of likely N-dealkylation sites (tertiary alicyclic amines) is 1. The van der Waals surface area contributed by atoms with E-state index in [4.69, 9.17) is 16.6 Å². The number of carbonyl (C=O) groups is 1. The van der Waals surface area contributed by atoms with Crippen molar-refractivity contribution in [3.63, 3.8) is 0 Å². The van der Waals surface area contributed by atoms with E-state index in [1.165, 1.54) is 11.6 Å². The number of hydrogen-bond donors (Lipinski definition) is 0. The van der Waals surface area contributed by atoms with Crippen molar-refractivity contribution >= 4 is 45.4 Å². The summed E-state index contributed by atoms with van der Waals surface area (Å²) in [5.74, 6) is 0.391. The Labute approximate surface area is 205 Å². The molecule has 0 radical (unpaired) electrons. The zero-order valence-electron chi connectivity index (χ0n) is 18.6. The lowest BCUT2D eigenvalue weighted by Crippen LogP contribution is -2.32. The Morgan fingerprint density at radius 2 is 2.00 bits per heavy atom. The van der Waals surface area contributed by atoms with E-state index in [0.29, 0.717) is 11.5 Å². The first-order chi connectivity index (χ1) is 16.4. The van der Waals surface area contributed by atoms with E-state index in [0.717, 1.165) is 54.1 Å². The van der Waals surface area contributed by atoms with Gasteiger partial charge in [0.1, 0.15) is 5.02 Å². The van der Waals surface area contributed by atoms with Gasteiger partial charge in [0.15, 0.2) is 0 Å². The van der Waals surface area contributed by atoms with Gasteiger partial charge in [0.05, 0.1) is 21.1 Å². The minimum absolute atomic E-state index is 0.0201. The van der Waals surface area contributed by atoms with Gasteiger partial charge in [-0.05, 0) is 43.6 Å². The van der Waals surface area contributed by atoms with Crippen LogP contribution in [0, 0.1) is 10.1 Å². The predicted octanol–water partition coefficient (Wildman–Crippen LogP) is 6.37. The van der Waals surface area contributed by atoms with Gasteiger partial charge in [0.2, 0.25) is 5.91 Å². The summed E-state index contributed by atoms with van der Waals surface area (Å²) < 4.78 is 1.73. The quantitative estimate of drug-likeness (QED) is 0.238. The van der Waals surface area contributed by atoms with Crippen LogP contribution in [0.3, 0.4) is 0 Å². The minimum atomic E-state index is -0.470. The molecule has 4 aromatic rings. The molecular weight excluding hydrogens is 472 g/mol. The number of nitro groups is 1. The molecule has 174 valence electrons. The van der Waals surface area contributed by atoms with Crippen molar-refractivity contribution in [2.24, 2.45) is 0 Å². The molecule has 9 heteroatoms. The van der Waals surface area contributed by atoms with E-state index in [-0.39, 0.29) is 16.6 Å². The third kappa shape index (κ3) is 4.36. The molecule has 2 aromatic heterocycles. The average molecular weight is 495 g/mol. The SMILES string of the molecule is CC(=O)n1cc(CN2CCC(c3nc(-c4ccc(Cl)c([N+](=O)[O-])c4)cs3)CC2)c2ccccc21. The first-order valence-electron chi connectivity index (χ1n) is 11.1. The molecule has 1 aliphatic heterocycles. The molecule has 2 aromatic carbocycles. The maximum absolute atomic E-state index is 12.0. The fourth-order valence-electron chi connectivity index (χ4n) is 4.64. The number of rotatable bonds is 5. The van der Waals surface area contributed by atoms with Crippen molar-refractivity contribution in [3.05, 3.63) is 79.7 Å². The first kappa shape index (κ1) is 22.7. The highest BCUT2D eigenvalue weighted by Gasteiger charge is 2.25. The van der Waals surface area contributed by atoms with Crippen molar-refractivity contribution in [2.75, 3.05) is 13.1 Å². The molecular formula is C25H23ClN4O3S. The topological polar surface area (TPSA) is 81.3 Å². The summed E-state index contributed by atoms with van der Waals surface area (Å²) in [6, 6.07) is 12.8. The monoisotopic (exact) mass is 494 g/mol. The normalized spacial score (nSPS) is 15.1. The Balaban J connectivity index is 1.27. The Morgan fingerprint density at radius 1 is 1.24 bits per heavy atom. The molecule has 1 aliphatic rings. The van der Waals surface area contributed by atoms with Crippen molar-refractivity contribution in [1.82, 2.24) is 14.5 Å². The molecule has 34 heavy (non-hydrogen) atoms. The third-order valence-corrected chi connectivity index (χ3v) is 7.75. The molecule has 0 amide bonds. The first-order valence-corrected chi connectivity index (χ1v) is 12.4. The lowest BCUT2D eigenvalue weighted by molar-refractivity contribution is -0.384. The summed E-state index contributed by atoms with van der Waals surface area (Å²) in [6.45, 7) is 4.30. The fourth-order valence-corrected chi connectivity index (χ4v) is 5.82. The van der Waals surface area contributed by atoms with Crippen LogP contribution in [0.25, 0.3) is 22.2 Å². The lowest BCUT2D eigenvalue weighted by atomic mass is 9.97. The molecule has 3 heterocycles. The number of thiazole rings is 1. The van der Waals surface area contributed by atoms with Gasteiger partial charge in [-0.1, -0.05) is 35.9 Å². The Morgan fingerprint density at radius 3 is 2.74 bits per heavy atom. The highest BCUT2D eigenvalue weighted by Crippen LogP contribution is 2.36. The van der Waals surface area contributed by atoms with E-state index in [1.54, 1.807) is 35.0 Å². The van der Waals surface area contributed by atoms with Gasteiger partial charge in [0, 0.05) is 48.0 Å². The number of nitrogens with zero attached hydrogens (tertiary/aromatic N) is 4. The number of piperidine rings is 1. The van der Waals surface area contributed by atoms with E-state index >= 15 is 0 Å². The third-order valence-electron chi connectivity index (χ3n) is 6.43. The number of aromatic nitrogens is 2. The number of fused-ring (bicyclic) bond motifs is 1. The molecule has 1 saturated heterocycles. The van der Waals surface area contributed by atoms with Gasteiger partial charge in [-0.2, -0.15) is 0 Å². The van der Waals surface area contributed by atoms with Crippen LogP contribution in [-0.4, -0.2) is 38.4 Å². The summed E-state index contributed by atoms with van der Waals surface area (Å²) in [5.41, 5.74) is 3.48. The van der Waals surface area contributed by atoms with Crippen LogP contribution < -0.4 is 0 Å². The van der Waals surface area contributed by atoms with Crippen molar-refractivity contribution < 1.29 is 9.72 Å². The van der Waals surface area contributed by atoms with Crippen LogP contribution in [0.5, 0.6) is 0 Å². The second kappa shape index (κ2) is 9.29. The van der Waals surface area contributed by atoms with Crippen molar-refractivity contribution in [2.45, 2.75) is 32.2 Å². The zero-order chi connectivity index (χ0) is 23.8. The highest BCUT2D eigenvalue weighted by atomic mass is 35.5. The predicted molar refractivity (Wildman–Crippen MR) is 135 cm³/mol. The molecule has 7 nitrogen and oxygen atoms in total. The largest absolute Gasteiger partial charge is 0.299 e. The summed E-state index contributed by atoms with van der Waals surface area (Å²) >= 11 is 7.55. The van der Waals surface area contributed by atoms with Crippen LogP contribution in [0.2, 0.25) is 5.02 Å². The zero-order valence-corrected chi connectivity index (χ0v) is 20.2. The van der Waals surface area contributed by atoms with Crippen LogP contribution in [-0.2, 0) is 6.54 Å². The molecule has 0 aliphatic carbocycles. The standard InChI is InChI=1S/C25H23ClN4O3S/c1-16(31)29-14-19(20-4-2-3-5-23(20)29)13-28-10-8-17(9-11-28)25-27-22(15-34-25)18-6-7-21(26)24(12-18)30(32)33/h2-7,12,14-15,17H,8-11,13H2,1H3. The van der Waals surface area contributed by atoms with Crippen LogP contribution in [0.15, 0.2) is 54.0 Å². The molecule has 1 fully saturated rings. The Bertz CT molecular complexity index is 1390. The molecule has 0 atom stereocenters. The fraction of sp³-hybridized carbons (Fsp3) is 0.280. The maximum Gasteiger partial charge on any atom is 0.288 e.